The normalized spacial score (nSPS) is 10.7. The van der Waals surface area contributed by atoms with E-state index in [0.717, 1.165) is 0 Å². The Labute approximate surface area is 113 Å². The van der Waals surface area contributed by atoms with Crippen molar-refractivity contribution >= 4 is 0 Å². The highest BCUT2D eigenvalue weighted by atomic mass is 19.1. The van der Waals surface area contributed by atoms with E-state index in [-0.39, 0.29) is 17.3 Å². The zero-order chi connectivity index (χ0) is 14.1. The fourth-order valence-corrected chi connectivity index (χ4v) is 1.87. The van der Waals surface area contributed by atoms with Crippen LogP contribution >= 0.6 is 0 Å². The Kier molecular flexibility index (Phi) is 2.87. The summed E-state index contributed by atoms with van der Waals surface area (Å²) in [5.41, 5.74) is 1.65. The molecule has 2 N–H and O–H groups in total. The lowest BCUT2D eigenvalue weighted by molar-refractivity contribution is 0.404. The second kappa shape index (κ2) is 4.70. The lowest BCUT2D eigenvalue weighted by Crippen LogP contribution is -1.77. The first-order valence-electron chi connectivity index (χ1n) is 5.88. The van der Waals surface area contributed by atoms with Gasteiger partial charge in [-0.25, -0.2) is 4.39 Å². The molecule has 1 aromatic heterocycles. The molecule has 0 aliphatic heterocycles. The molecule has 0 aliphatic rings. The molecular weight excluding hydrogens is 261 g/mol. The summed E-state index contributed by atoms with van der Waals surface area (Å²) < 4.78 is 18.3. The first-order valence-corrected chi connectivity index (χ1v) is 5.88. The Morgan fingerprint density at radius 3 is 2.50 bits per heavy atom. The number of rotatable bonds is 2. The van der Waals surface area contributed by atoms with Crippen LogP contribution < -0.4 is 0 Å². The van der Waals surface area contributed by atoms with Crippen LogP contribution in [0.25, 0.3) is 22.6 Å². The minimum Gasteiger partial charge on any atom is -0.504 e. The number of hydrogen-bond donors (Lipinski definition) is 2. The van der Waals surface area contributed by atoms with Gasteiger partial charge in [0.2, 0.25) is 0 Å². The third kappa shape index (κ3) is 2.21. The maximum absolute atomic E-state index is 13.2. The molecule has 0 fully saturated rings. The number of aromatic nitrogens is 1. The molecule has 0 saturated carbocycles. The summed E-state index contributed by atoms with van der Waals surface area (Å²) in [6.07, 6.45) is 0. The predicted octanol–water partition coefficient (Wildman–Crippen LogP) is 3.56. The quantitative estimate of drug-likeness (QED) is 0.699. The predicted molar refractivity (Wildman–Crippen MR) is 70.7 cm³/mol. The molecule has 0 atom stereocenters. The van der Waals surface area contributed by atoms with Gasteiger partial charge in [-0.05, 0) is 30.3 Å². The number of nitrogens with zero attached hydrogens (tertiary/aromatic N) is 1. The number of halogens is 1. The zero-order valence-corrected chi connectivity index (χ0v) is 10.2. The minimum absolute atomic E-state index is 0.206. The number of phenols is 2. The van der Waals surface area contributed by atoms with E-state index in [9.17, 15) is 14.6 Å². The molecule has 1 heterocycles. The average Bonchev–Trinajstić information content (AvgIpc) is 2.92. The molecule has 20 heavy (non-hydrogen) atoms. The van der Waals surface area contributed by atoms with Crippen LogP contribution in [0.2, 0.25) is 0 Å². The molecule has 0 unspecified atom stereocenters. The smallest absolute Gasteiger partial charge is 0.167 e. The summed E-state index contributed by atoms with van der Waals surface area (Å²) in [5.74, 6) is -0.379. The molecule has 4 nitrogen and oxygen atoms in total. The average molecular weight is 271 g/mol. The summed E-state index contributed by atoms with van der Waals surface area (Å²) in [4.78, 5) is 0. The van der Waals surface area contributed by atoms with Crippen LogP contribution in [-0.2, 0) is 0 Å². The van der Waals surface area contributed by atoms with Gasteiger partial charge >= 0.3 is 0 Å². The maximum atomic E-state index is 13.2. The Morgan fingerprint density at radius 1 is 0.900 bits per heavy atom. The van der Waals surface area contributed by atoms with Crippen LogP contribution in [0.1, 0.15) is 0 Å². The fraction of sp³-hybridized carbons (Fsp3) is 0. The van der Waals surface area contributed by atoms with E-state index in [1.807, 2.05) is 0 Å². The third-order valence-corrected chi connectivity index (χ3v) is 2.89. The molecule has 100 valence electrons. The van der Waals surface area contributed by atoms with Crippen molar-refractivity contribution in [3.05, 3.63) is 54.3 Å². The van der Waals surface area contributed by atoms with Crippen LogP contribution in [0.3, 0.4) is 0 Å². The molecule has 0 saturated heterocycles. The first kappa shape index (κ1) is 12.2. The summed E-state index contributed by atoms with van der Waals surface area (Å²) in [7, 11) is 0. The lowest BCUT2D eigenvalue weighted by Gasteiger charge is -1.99. The van der Waals surface area contributed by atoms with E-state index in [1.165, 1.54) is 24.3 Å². The number of hydrogen-bond acceptors (Lipinski definition) is 4. The van der Waals surface area contributed by atoms with E-state index in [2.05, 4.69) is 5.16 Å². The van der Waals surface area contributed by atoms with Crippen molar-refractivity contribution in [3.63, 3.8) is 0 Å². The van der Waals surface area contributed by atoms with E-state index in [0.29, 0.717) is 22.6 Å². The standard InChI is InChI=1S/C15H10FNO3/c16-11-3-1-2-10(6-11)15-8-12(17-20-15)9-4-5-13(18)14(19)7-9/h1-8,18-19H. The summed E-state index contributed by atoms with van der Waals surface area (Å²) in [5, 5.41) is 22.6. The van der Waals surface area contributed by atoms with Gasteiger partial charge in [0.15, 0.2) is 17.3 Å². The molecule has 0 aliphatic carbocycles. The monoisotopic (exact) mass is 271 g/mol. The molecule has 2 aromatic carbocycles. The van der Waals surface area contributed by atoms with Gasteiger partial charge in [-0.2, -0.15) is 0 Å². The molecular formula is C15H10FNO3. The van der Waals surface area contributed by atoms with Crippen molar-refractivity contribution in [1.82, 2.24) is 5.16 Å². The van der Waals surface area contributed by atoms with Crippen LogP contribution in [0, 0.1) is 5.82 Å². The van der Waals surface area contributed by atoms with E-state index in [4.69, 9.17) is 4.52 Å². The Balaban J connectivity index is 1.99. The van der Waals surface area contributed by atoms with Crippen LogP contribution in [0.4, 0.5) is 4.39 Å². The van der Waals surface area contributed by atoms with Crippen molar-refractivity contribution in [1.29, 1.82) is 0 Å². The highest BCUT2D eigenvalue weighted by Gasteiger charge is 2.10. The number of phenolic OH excluding ortho intramolecular Hbond substituents is 2. The van der Waals surface area contributed by atoms with Gasteiger partial charge in [-0.3, -0.25) is 0 Å². The van der Waals surface area contributed by atoms with Crippen molar-refractivity contribution < 1.29 is 19.1 Å². The zero-order valence-electron chi connectivity index (χ0n) is 10.2. The molecule has 0 spiro atoms. The first-order chi connectivity index (χ1) is 9.63. The van der Waals surface area contributed by atoms with Gasteiger partial charge in [-0.15, -0.1) is 0 Å². The summed E-state index contributed by atoms with van der Waals surface area (Å²) in [6, 6.07) is 12.0. The largest absolute Gasteiger partial charge is 0.504 e. The van der Waals surface area contributed by atoms with Gasteiger partial charge in [0.25, 0.3) is 0 Å². The topological polar surface area (TPSA) is 66.5 Å². The van der Waals surface area contributed by atoms with Crippen molar-refractivity contribution in [2.75, 3.05) is 0 Å². The second-order valence-electron chi connectivity index (χ2n) is 4.29. The van der Waals surface area contributed by atoms with Crippen LogP contribution in [0.15, 0.2) is 53.1 Å². The molecule has 0 radical (unpaired) electrons. The minimum atomic E-state index is -0.359. The summed E-state index contributed by atoms with van der Waals surface area (Å²) >= 11 is 0. The van der Waals surface area contributed by atoms with Gasteiger partial charge in [-0.1, -0.05) is 17.3 Å². The Morgan fingerprint density at radius 2 is 1.75 bits per heavy atom. The highest BCUT2D eigenvalue weighted by Crippen LogP contribution is 2.32. The highest BCUT2D eigenvalue weighted by molar-refractivity contribution is 5.68. The molecule has 3 rings (SSSR count). The van der Waals surface area contributed by atoms with Gasteiger partial charge < -0.3 is 14.7 Å². The number of benzene rings is 2. The van der Waals surface area contributed by atoms with E-state index < -0.39 is 0 Å². The van der Waals surface area contributed by atoms with Crippen LogP contribution in [-0.4, -0.2) is 15.4 Å². The third-order valence-electron chi connectivity index (χ3n) is 2.89. The lowest BCUT2D eigenvalue weighted by atomic mass is 10.1. The van der Waals surface area contributed by atoms with E-state index in [1.54, 1.807) is 24.3 Å². The van der Waals surface area contributed by atoms with Crippen molar-refractivity contribution in [2.24, 2.45) is 0 Å². The molecule has 5 heteroatoms. The fourth-order valence-electron chi connectivity index (χ4n) is 1.87. The van der Waals surface area contributed by atoms with Crippen LogP contribution in [0.5, 0.6) is 11.5 Å². The molecule has 0 amide bonds. The van der Waals surface area contributed by atoms with Gasteiger partial charge in [0.1, 0.15) is 11.5 Å². The van der Waals surface area contributed by atoms with Crippen molar-refractivity contribution in [2.45, 2.75) is 0 Å². The number of aromatic hydroxyl groups is 2. The SMILES string of the molecule is Oc1ccc(-c2cc(-c3cccc(F)c3)on2)cc1O. The van der Waals surface area contributed by atoms with Crippen molar-refractivity contribution in [3.8, 4) is 34.1 Å². The van der Waals surface area contributed by atoms with E-state index >= 15 is 0 Å². The second-order valence-corrected chi connectivity index (χ2v) is 4.29. The maximum Gasteiger partial charge on any atom is 0.167 e. The Hall–Kier alpha value is -2.82. The summed E-state index contributed by atoms with van der Waals surface area (Å²) in [6.45, 7) is 0. The molecule has 3 aromatic rings. The van der Waals surface area contributed by atoms with Gasteiger partial charge in [0, 0.05) is 17.2 Å². The van der Waals surface area contributed by atoms with Gasteiger partial charge in [0.05, 0.1) is 0 Å². The Bertz CT molecular complexity index is 767. The molecule has 0 bridgehead atoms.